The van der Waals surface area contributed by atoms with Crippen LogP contribution in [0.4, 0.5) is 4.39 Å². The van der Waals surface area contributed by atoms with Gasteiger partial charge in [0, 0.05) is 0 Å². The minimum Gasteiger partial charge on any atom is -0.494 e. The molecule has 0 unspecified atom stereocenters. The third-order valence-electron chi connectivity index (χ3n) is 8.46. The molecule has 246 valence electrons. The van der Waals surface area contributed by atoms with Gasteiger partial charge < -0.3 is 10.2 Å². The van der Waals surface area contributed by atoms with Gasteiger partial charge in [0.05, 0.1) is 39.8 Å². The van der Waals surface area contributed by atoms with Gasteiger partial charge in [0.15, 0.2) is 0 Å². The van der Waals surface area contributed by atoms with Crippen LogP contribution in [0.25, 0.3) is 22.7 Å². The molecule has 10 nitrogen and oxygen atoms in total. The first-order chi connectivity index (χ1) is 24.3. The van der Waals surface area contributed by atoms with Crippen LogP contribution in [0.5, 0.6) is 11.8 Å². The van der Waals surface area contributed by atoms with E-state index in [0.29, 0.717) is 22.7 Å². The number of benzene rings is 5. The molecule has 0 aliphatic carbocycles. The van der Waals surface area contributed by atoms with Gasteiger partial charge in [-0.05, 0) is 66.2 Å². The second-order valence-electron chi connectivity index (χ2n) is 11.4. The standard InChI is InChI=1S/C39H29FN6O4/c40-26-23-21-25(22-24-26)31(32-34(47)43(27-13-5-1-6-14-27)38(41)44(35(32)48)28-15-7-2-8-16-28)33-36(49)45(29-17-9-3-10-18-29)39(42)46(37(33)50)30-19-11-4-12-20-30/h1-24,31,41-42,47,49H. The third kappa shape index (κ3) is 5.32. The lowest BCUT2D eigenvalue weighted by Gasteiger charge is -2.25. The van der Waals surface area contributed by atoms with E-state index in [1.165, 1.54) is 12.1 Å². The summed E-state index contributed by atoms with van der Waals surface area (Å²) in [4.78, 5) is 29.6. The zero-order valence-electron chi connectivity index (χ0n) is 26.3. The Morgan fingerprint density at radius 2 is 0.760 bits per heavy atom. The Labute approximate surface area is 283 Å². The lowest BCUT2D eigenvalue weighted by atomic mass is 9.86. The van der Waals surface area contributed by atoms with Crippen molar-refractivity contribution < 1.29 is 14.6 Å². The van der Waals surface area contributed by atoms with Gasteiger partial charge in [-0.2, -0.15) is 0 Å². The predicted molar refractivity (Wildman–Crippen MR) is 185 cm³/mol. The third-order valence-corrected chi connectivity index (χ3v) is 8.46. The number of aromatic hydroxyl groups is 2. The zero-order chi connectivity index (χ0) is 34.9. The lowest BCUT2D eigenvalue weighted by Crippen LogP contribution is -2.44. The first-order valence-corrected chi connectivity index (χ1v) is 15.6. The highest BCUT2D eigenvalue weighted by Gasteiger charge is 2.35. The average Bonchev–Trinajstić information content (AvgIpc) is 3.13. The fraction of sp³-hybridized carbons (Fsp3) is 0.0256. The molecule has 2 aromatic heterocycles. The number of nitrogens with zero attached hydrogens (tertiary/aromatic N) is 4. The zero-order valence-corrected chi connectivity index (χ0v) is 26.3. The molecule has 0 atom stereocenters. The Morgan fingerprint density at radius 3 is 1.08 bits per heavy atom. The van der Waals surface area contributed by atoms with Gasteiger partial charge in [0.1, 0.15) is 5.82 Å². The average molecular weight is 665 g/mol. The molecule has 2 heterocycles. The number of para-hydroxylation sites is 4. The number of nitrogens with one attached hydrogen (secondary N) is 2. The molecule has 0 fully saturated rings. The van der Waals surface area contributed by atoms with E-state index >= 15 is 0 Å². The Balaban J connectivity index is 1.69. The number of halogens is 1. The fourth-order valence-corrected chi connectivity index (χ4v) is 6.18. The van der Waals surface area contributed by atoms with E-state index in [2.05, 4.69) is 0 Å². The SMILES string of the molecule is N=c1n(-c2ccccc2)c(O)c(C(c2ccc(F)cc2)c2c(O)n(-c3ccccc3)c(=N)n(-c3ccccc3)c2=O)c(=O)n1-c1ccccc1. The van der Waals surface area contributed by atoms with Crippen molar-refractivity contribution in [3.8, 4) is 34.5 Å². The van der Waals surface area contributed by atoms with Crippen molar-refractivity contribution in [3.63, 3.8) is 0 Å². The van der Waals surface area contributed by atoms with Crippen LogP contribution in [0.2, 0.25) is 0 Å². The summed E-state index contributed by atoms with van der Waals surface area (Å²) < 4.78 is 18.9. The summed E-state index contributed by atoms with van der Waals surface area (Å²) >= 11 is 0. The largest absolute Gasteiger partial charge is 0.494 e. The van der Waals surface area contributed by atoms with Gasteiger partial charge in [0.25, 0.3) is 11.1 Å². The Morgan fingerprint density at radius 1 is 0.460 bits per heavy atom. The molecule has 0 amide bonds. The molecular weight excluding hydrogens is 635 g/mol. The maximum Gasteiger partial charge on any atom is 0.267 e. The smallest absolute Gasteiger partial charge is 0.267 e. The van der Waals surface area contributed by atoms with Crippen LogP contribution in [-0.2, 0) is 0 Å². The first-order valence-electron chi connectivity index (χ1n) is 15.6. The second kappa shape index (κ2) is 12.9. The van der Waals surface area contributed by atoms with Gasteiger partial charge in [-0.15, -0.1) is 0 Å². The molecule has 0 saturated heterocycles. The molecule has 50 heavy (non-hydrogen) atoms. The van der Waals surface area contributed by atoms with Crippen molar-refractivity contribution in [2.45, 2.75) is 5.92 Å². The van der Waals surface area contributed by atoms with Crippen LogP contribution in [0.1, 0.15) is 22.6 Å². The highest BCUT2D eigenvalue weighted by atomic mass is 19.1. The highest BCUT2D eigenvalue weighted by Crippen LogP contribution is 2.38. The summed E-state index contributed by atoms with van der Waals surface area (Å²) in [7, 11) is 0. The van der Waals surface area contributed by atoms with Gasteiger partial charge in [-0.25, -0.2) is 13.5 Å². The molecule has 7 rings (SSSR count). The maximum absolute atomic E-state index is 14.8. The summed E-state index contributed by atoms with van der Waals surface area (Å²) in [6.07, 6.45) is 0. The molecule has 0 spiro atoms. The van der Waals surface area contributed by atoms with Gasteiger partial charge in [-0.1, -0.05) is 84.9 Å². The van der Waals surface area contributed by atoms with Crippen molar-refractivity contribution in [2.75, 3.05) is 0 Å². The predicted octanol–water partition coefficient (Wildman–Crippen LogP) is 5.26. The summed E-state index contributed by atoms with van der Waals surface area (Å²) in [6, 6.07) is 38.7. The summed E-state index contributed by atoms with van der Waals surface area (Å²) in [5, 5.41) is 42.6. The molecule has 11 heteroatoms. The second-order valence-corrected chi connectivity index (χ2v) is 11.4. The Bertz CT molecular complexity index is 2420. The first kappa shape index (κ1) is 31.6. The number of hydrogen-bond donors (Lipinski definition) is 4. The topological polar surface area (TPSA) is 142 Å². The van der Waals surface area contributed by atoms with E-state index in [0.717, 1.165) is 30.4 Å². The van der Waals surface area contributed by atoms with Crippen molar-refractivity contribution in [1.29, 1.82) is 10.8 Å². The Hall–Kier alpha value is -7.01. The minimum absolute atomic E-state index is 0.181. The van der Waals surface area contributed by atoms with Crippen LogP contribution in [0.3, 0.4) is 0 Å². The highest BCUT2D eigenvalue weighted by molar-refractivity contribution is 5.53. The molecular formula is C39H29FN6O4. The van der Waals surface area contributed by atoms with Crippen LogP contribution in [0.15, 0.2) is 155 Å². The molecule has 5 aromatic carbocycles. The van der Waals surface area contributed by atoms with Crippen LogP contribution in [-0.4, -0.2) is 28.5 Å². The normalized spacial score (nSPS) is 11.7. The molecule has 0 saturated carbocycles. The van der Waals surface area contributed by atoms with E-state index < -0.39 is 45.9 Å². The van der Waals surface area contributed by atoms with Crippen molar-refractivity contribution in [1.82, 2.24) is 18.3 Å². The number of rotatable bonds is 7. The van der Waals surface area contributed by atoms with Crippen LogP contribution < -0.4 is 22.4 Å². The van der Waals surface area contributed by atoms with Crippen molar-refractivity contribution in [3.05, 3.63) is 200 Å². The van der Waals surface area contributed by atoms with Crippen molar-refractivity contribution in [2.24, 2.45) is 0 Å². The van der Waals surface area contributed by atoms with Gasteiger partial charge in [-0.3, -0.25) is 29.5 Å². The number of hydrogen-bond acceptors (Lipinski definition) is 6. The molecule has 4 N–H and O–H groups in total. The molecule has 7 aromatic rings. The fourth-order valence-electron chi connectivity index (χ4n) is 6.18. The summed E-state index contributed by atoms with van der Waals surface area (Å²) in [5.41, 5.74) is -1.77. The number of aromatic nitrogens is 4. The van der Waals surface area contributed by atoms with E-state index in [1.54, 1.807) is 121 Å². The monoisotopic (exact) mass is 664 g/mol. The summed E-state index contributed by atoms with van der Waals surface area (Å²) in [5.74, 6) is -3.46. The van der Waals surface area contributed by atoms with Crippen LogP contribution >= 0.6 is 0 Å². The van der Waals surface area contributed by atoms with E-state index in [-0.39, 0.29) is 16.7 Å². The maximum atomic E-state index is 14.8. The summed E-state index contributed by atoms with van der Waals surface area (Å²) in [6.45, 7) is 0. The Kier molecular flexibility index (Phi) is 8.14. The molecule has 0 aliphatic rings. The quantitative estimate of drug-likeness (QED) is 0.185. The molecule has 0 bridgehead atoms. The minimum atomic E-state index is -1.54. The van der Waals surface area contributed by atoms with E-state index in [4.69, 9.17) is 10.8 Å². The molecule has 0 radical (unpaired) electrons. The molecule has 0 aliphatic heterocycles. The van der Waals surface area contributed by atoms with Gasteiger partial charge >= 0.3 is 0 Å². The van der Waals surface area contributed by atoms with E-state index in [9.17, 15) is 24.2 Å². The van der Waals surface area contributed by atoms with Crippen molar-refractivity contribution >= 4 is 0 Å². The van der Waals surface area contributed by atoms with Gasteiger partial charge in [0.2, 0.25) is 23.0 Å². The van der Waals surface area contributed by atoms with E-state index in [1.807, 2.05) is 0 Å². The van der Waals surface area contributed by atoms with Crippen LogP contribution in [0, 0.1) is 16.6 Å². The lowest BCUT2D eigenvalue weighted by molar-refractivity contribution is 0.405.